The van der Waals surface area contributed by atoms with Gasteiger partial charge in [-0.25, -0.2) is 17.4 Å². The maximum Gasteiger partial charge on any atom is 0.242 e. The van der Waals surface area contributed by atoms with Gasteiger partial charge in [0, 0.05) is 29.8 Å². The molecule has 2 fully saturated rings. The van der Waals surface area contributed by atoms with Gasteiger partial charge in [-0.1, -0.05) is 13.8 Å². The second kappa shape index (κ2) is 9.15. The van der Waals surface area contributed by atoms with Crippen LogP contribution in [0.1, 0.15) is 49.9 Å². The van der Waals surface area contributed by atoms with Crippen molar-refractivity contribution in [1.29, 1.82) is 0 Å². The number of rotatable bonds is 8. The van der Waals surface area contributed by atoms with Gasteiger partial charge in [0.05, 0.1) is 58.7 Å². The average molecular weight is 560 g/mol. The lowest BCUT2D eigenvalue weighted by Crippen LogP contribution is -2.43. The quantitative estimate of drug-likeness (QED) is 0.407. The lowest BCUT2D eigenvalue weighted by Gasteiger charge is -2.36. The van der Waals surface area contributed by atoms with Gasteiger partial charge in [0.15, 0.2) is 0 Å². The molecule has 2 aliphatic rings. The Labute approximate surface area is 225 Å². The third-order valence-electron chi connectivity index (χ3n) is 8.86. The lowest BCUT2D eigenvalue weighted by molar-refractivity contribution is -0.128. The van der Waals surface area contributed by atoms with Crippen molar-refractivity contribution in [2.45, 2.75) is 57.9 Å². The Morgan fingerprint density at radius 1 is 1.18 bits per heavy atom. The van der Waals surface area contributed by atoms with Crippen LogP contribution in [0.4, 0.5) is 0 Å². The number of ketones is 1. The fourth-order valence-corrected chi connectivity index (χ4v) is 10.3. The van der Waals surface area contributed by atoms with Crippen molar-refractivity contribution >= 4 is 37.6 Å². The number of carbonyl (C=O) groups excluding carboxylic acids is 1. The monoisotopic (exact) mass is 559 g/mol. The summed E-state index contributed by atoms with van der Waals surface area (Å²) in [5.74, 6) is 0.933. The molecule has 11 heteroatoms. The van der Waals surface area contributed by atoms with Crippen LogP contribution in [-0.4, -0.2) is 52.3 Å². The van der Waals surface area contributed by atoms with Crippen LogP contribution >= 0.6 is 0 Å². The highest BCUT2D eigenvalue weighted by Gasteiger charge is 2.65. The number of aromatic nitrogens is 3. The first-order chi connectivity index (χ1) is 17.9. The molecule has 0 spiro atoms. The van der Waals surface area contributed by atoms with E-state index in [0.717, 1.165) is 21.5 Å². The number of benzene rings is 1. The zero-order valence-electron chi connectivity index (χ0n) is 22.5. The highest BCUT2D eigenvalue weighted by molar-refractivity contribution is 7.91. The number of methoxy groups -OCH3 is 2. The van der Waals surface area contributed by atoms with Gasteiger partial charge < -0.3 is 9.47 Å². The maximum absolute atomic E-state index is 14.2. The molecular formula is C27H33N3O6S2. The molecule has 2 aliphatic carbocycles. The van der Waals surface area contributed by atoms with E-state index in [4.69, 9.17) is 9.47 Å². The van der Waals surface area contributed by atoms with E-state index in [-0.39, 0.29) is 28.4 Å². The van der Waals surface area contributed by atoms with Crippen LogP contribution in [-0.2, 0) is 31.4 Å². The number of Topliss-reactive ketones (excluding diaryl/α,β-unsaturated/α-hetero) is 1. The predicted octanol–water partition coefficient (Wildman–Crippen LogP) is 3.95. The summed E-state index contributed by atoms with van der Waals surface area (Å²) in [5.41, 5.74) is 1.36. The largest absolute Gasteiger partial charge is 0.497 e. The Kier molecular flexibility index (Phi) is 6.45. The summed E-state index contributed by atoms with van der Waals surface area (Å²) in [7, 11) is -2.93. The van der Waals surface area contributed by atoms with Gasteiger partial charge in [-0.2, -0.15) is 0 Å². The minimum atomic E-state index is -4.14. The van der Waals surface area contributed by atoms with Crippen LogP contribution in [0.2, 0.25) is 0 Å². The minimum Gasteiger partial charge on any atom is -0.497 e. The van der Waals surface area contributed by atoms with E-state index in [1.165, 1.54) is 7.11 Å². The molecule has 9 nitrogen and oxygen atoms in total. The number of hydrogen-bond donors (Lipinski definition) is 0. The third kappa shape index (κ3) is 3.88. The van der Waals surface area contributed by atoms with Gasteiger partial charge in [0.25, 0.3) is 0 Å². The van der Waals surface area contributed by atoms with Gasteiger partial charge in [0.2, 0.25) is 15.2 Å². The van der Waals surface area contributed by atoms with Crippen LogP contribution in [0, 0.1) is 30.6 Å². The first kappa shape index (κ1) is 26.8. The number of nitrogens with zero attached hydrogens (tertiary/aromatic N) is 3. The first-order valence-electron chi connectivity index (χ1n) is 12.6. The van der Waals surface area contributed by atoms with Crippen molar-refractivity contribution in [2.75, 3.05) is 20.0 Å². The van der Waals surface area contributed by atoms with E-state index >= 15 is 0 Å². The number of ether oxygens (including phenoxy) is 2. The summed E-state index contributed by atoms with van der Waals surface area (Å²) in [6, 6.07) is 4.87. The molecule has 204 valence electrons. The van der Waals surface area contributed by atoms with Crippen molar-refractivity contribution < 1.29 is 26.9 Å². The van der Waals surface area contributed by atoms with Crippen LogP contribution in [0.5, 0.6) is 11.5 Å². The maximum atomic E-state index is 14.2. The van der Waals surface area contributed by atoms with Crippen molar-refractivity contribution in [2.24, 2.45) is 16.7 Å². The van der Waals surface area contributed by atoms with Gasteiger partial charge in [-0.15, -0.1) is 0 Å². The number of carbonyl (C=O) groups is 1. The number of imidazole rings is 1. The van der Waals surface area contributed by atoms with Crippen molar-refractivity contribution in [3.8, 4) is 11.5 Å². The Hall–Kier alpha value is -2.79. The Bertz CT molecular complexity index is 1590. The van der Waals surface area contributed by atoms with Gasteiger partial charge in [-0.05, 0) is 50.2 Å². The van der Waals surface area contributed by atoms with Crippen LogP contribution in [0.3, 0.4) is 0 Å². The molecule has 2 aromatic heterocycles. The summed E-state index contributed by atoms with van der Waals surface area (Å²) in [4.78, 5) is 22.1. The van der Waals surface area contributed by atoms with Crippen molar-refractivity contribution in [1.82, 2.24) is 13.9 Å². The highest BCUT2D eigenvalue weighted by atomic mass is 32.2. The van der Waals surface area contributed by atoms with Gasteiger partial charge >= 0.3 is 0 Å². The molecular weight excluding hydrogens is 526 g/mol. The standard InChI is InChI=1S/C27H33N3O6S2/c1-16-13-28-21(17(2)24(16)36-6)14-37(32)25-29-20-12-19(35-5)7-8-22(20)30(25)38(33,34)15-27-10-9-18(11-23(27)31)26(27,3)4/h7-8,12-13,18H,9-11,14-15H2,1-6H3/t18-,27-,37?/m1/s1. The van der Waals surface area contributed by atoms with Gasteiger partial charge in [0.1, 0.15) is 17.3 Å². The van der Waals surface area contributed by atoms with Crippen LogP contribution in [0.25, 0.3) is 11.0 Å². The van der Waals surface area contributed by atoms with Crippen molar-refractivity contribution in [3.05, 3.63) is 41.2 Å². The summed E-state index contributed by atoms with van der Waals surface area (Å²) >= 11 is 0. The summed E-state index contributed by atoms with van der Waals surface area (Å²) in [5, 5.41) is -0.0943. The molecule has 1 unspecified atom stereocenters. The van der Waals surface area contributed by atoms with E-state index in [0.29, 0.717) is 41.1 Å². The SMILES string of the molecule is COc1ccc2c(c1)nc(S(=O)Cc1ncc(C)c(OC)c1C)n2S(=O)(=O)C[C@]12CC[C@H](CC1=O)C2(C)C. The van der Waals surface area contributed by atoms with Crippen LogP contribution in [0.15, 0.2) is 29.6 Å². The molecule has 0 N–H and O–H groups in total. The normalized spacial score (nSPS) is 23.2. The zero-order chi connectivity index (χ0) is 27.6. The molecule has 1 aromatic carbocycles. The summed E-state index contributed by atoms with van der Waals surface area (Å²) in [6.07, 6.45) is 3.42. The molecule has 3 atom stereocenters. The Balaban J connectivity index is 1.62. The topological polar surface area (TPSA) is 117 Å². The van der Waals surface area contributed by atoms with Gasteiger partial charge in [-0.3, -0.25) is 14.0 Å². The second-order valence-electron chi connectivity index (χ2n) is 11.0. The van der Waals surface area contributed by atoms with Crippen LogP contribution < -0.4 is 9.47 Å². The lowest BCUT2D eigenvalue weighted by atomic mass is 9.70. The summed E-state index contributed by atoms with van der Waals surface area (Å²) in [6.45, 7) is 7.71. The molecule has 0 radical (unpaired) electrons. The van der Waals surface area contributed by atoms with E-state index < -0.39 is 31.7 Å². The summed E-state index contributed by atoms with van der Waals surface area (Å²) < 4.78 is 54.1. The van der Waals surface area contributed by atoms with E-state index in [2.05, 4.69) is 9.97 Å². The predicted molar refractivity (Wildman–Crippen MR) is 144 cm³/mol. The molecule has 0 aliphatic heterocycles. The number of hydrogen-bond acceptors (Lipinski definition) is 8. The fourth-order valence-electron chi connectivity index (χ4n) is 6.44. The number of fused-ring (bicyclic) bond motifs is 3. The van der Waals surface area contributed by atoms with E-state index in [1.54, 1.807) is 31.5 Å². The molecule has 3 aromatic rings. The molecule has 2 saturated carbocycles. The molecule has 38 heavy (non-hydrogen) atoms. The average Bonchev–Trinajstić information content (AvgIpc) is 3.42. The first-order valence-corrected chi connectivity index (χ1v) is 15.5. The second-order valence-corrected chi connectivity index (χ2v) is 14.1. The molecule has 5 rings (SSSR count). The number of aryl methyl sites for hydroxylation is 1. The Morgan fingerprint density at radius 3 is 2.53 bits per heavy atom. The molecule has 2 heterocycles. The van der Waals surface area contributed by atoms with E-state index in [9.17, 15) is 17.4 Å². The smallest absolute Gasteiger partial charge is 0.242 e. The highest BCUT2D eigenvalue weighted by Crippen LogP contribution is 2.64. The minimum absolute atomic E-state index is 0.00247. The fraction of sp³-hybridized carbons (Fsp3) is 0.519. The number of pyridine rings is 1. The Morgan fingerprint density at radius 2 is 1.92 bits per heavy atom. The van der Waals surface area contributed by atoms with Crippen molar-refractivity contribution in [3.63, 3.8) is 0 Å². The molecule has 2 bridgehead atoms. The molecule has 0 amide bonds. The third-order valence-corrected chi connectivity index (χ3v) is 12.0. The molecule has 0 saturated heterocycles. The zero-order valence-corrected chi connectivity index (χ0v) is 24.2. The van der Waals surface area contributed by atoms with E-state index in [1.807, 2.05) is 27.7 Å².